The SMILES string of the molecule is COC1(c2ccccc2)OC2(CCCCC2)C(I)=C1I. The molecule has 20 heavy (non-hydrogen) atoms. The molecule has 0 bridgehead atoms. The Labute approximate surface area is 147 Å². The average molecular weight is 496 g/mol. The minimum Gasteiger partial charge on any atom is -0.345 e. The van der Waals surface area contributed by atoms with Gasteiger partial charge < -0.3 is 9.47 Å². The number of hydrogen-bond donors (Lipinski definition) is 0. The van der Waals surface area contributed by atoms with Crippen LogP contribution >= 0.6 is 45.2 Å². The molecule has 0 amide bonds. The third-order valence-corrected chi connectivity index (χ3v) is 8.13. The highest BCUT2D eigenvalue weighted by atomic mass is 127. The number of halogens is 2. The molecule has 1 aliphatic carbocycles. The quantitative estimate of drug-likeness (QED) is 0.518. The minimum absolute atomic E-state index is 0.124. The molecule has 0 radical (unpaired) electrons. The number of ether oxygens (including phenoxy) is 2. The monoisotopic (exact) mass is 496 g/mol. The van der Waals surface area contributed by atoms with Crippen LogP contribution in [0.4, 0.5) is 0 Å². The molecule has 108 valence electrons. The van der Waals surface area contributed by atoms with E-state index in [-0.39, 0.29) is 5.60 Å². The molecule has 2 nitrogen and oxygen atoms in total. The zero-order valence-corrected chi connectivity index (χ0v) is 15.8. The van der Waals surface area contributed by atoms with Crippen LogP contribution in [0.25, 0.3) is 0 Å². The molecule has 1 spiro atoms. The van der Waals surface area contributed by atoms with Crippen molar-refractivity contribution in [3.8, 4) is 0 Å². The van der Waals surface area contributed by atoms with Crippen molar-refractivity contribution in [3.05, 3.63) is 43.1 Å². The summed E-state index contributed by atoms with van der Waals surface area (Å²) in [5.41, 5.74) is 0.963. The average Bonchev–Trinajstić information content (AvgIpc) is 2.72. The molecule has 4 heteroatoms. The molecule has 0 saturated heterocycles. The maximum Gasteiger partial charge on any atom is 0.229 e. The van der Waals surface area contributed by atoms with Crippen molar-refractivity contribution in [1.82, 2.24) is 0 Å². The molecule has 1 aromatic carbocycles. The van der Waals surface area contributed by atoms with Gasteiger partial charge in [-0.1, -0.05) is 49.6 Å². The first-order chi connectivity index (χ1) is 9.65. The number of benzene rings is 1. The van der Waals surface area contributed by atoms with Gasteiger partial charge in [0.1, 0.15) is 5.60 Å². The van der Waals surface area contributed by atoms with Gasteiger partial charge in [0.15, 0.2) is 0 Å². The first-order valence-electron chi connectivity index (χ1n) is 7.02. The second-order valence-electron chi connectivity index (χ2n) is 5.47. The molecule has 1 fully saturated rings. The van der Waals surface area contributed by atoms with E-state index in [4.69, 9.17) is 9.47 Å². The van der Waals surface area contributed by atoms with Gasteiger partial charge >= 0.3 is 0 Å². The van der Waals surface area contributed by atoms with Crippen molar-refractivity contribution >= 4 is 45.2 Å². The maximum absolute atomic E-state index is 6.63. The first-order valence-corrected chi connectivity index (χ1v) is 9.17. The normalized spacial score (nSPS) is 29.1. The van der Waals surface area contributed by atoms with Crippen LogP contribution in [0.3, 0.4) is 0 Å². The summed E-state index contributed by atoms with van der Waals surface area (Å²) in [4.78, 5) is 0. The number of rotatable bonds is 2. The van der Waals surface area contributed by atoms with E-state index in [1.165, 1.54) is 26.4 Å². The molecule has 0 aromatic heterocycles. The van der Waals surface area contributed by atoms with Gasteiger partial charge in [0.25, 0.3) is 0 Å². The second-order valence-corrected chi connectivity index (χ2v) is 7.63. The lowest BCUT2D eigenvalue weighted by atomic mass is 9.85. The highest BCUT2D eigenvalue weighted by Crippen LogP contribution is 2.58. The fraction of sp³-hybridized carbons (Fsp3) is 0.500. The van der Waals surface area contributed by atoms with Crippen LogP contribution in [0.2, 0.25) is 0 Å². The molecule has 1 aliphatic heterocycles. The van der Waals surface area contributed by atoms with Crippen LogP contribution in [0.15, 0.2) is 37.5 Å². The van der Waals surface area contributed by atoms with Crippen molar-refractivity contribution in [3.63, 3.8) is 0 Å². The third kappa shape index (κ3) is 2.27. The molecule has 1 saturated carbocycles. The topological polar surface area (TPSA) is 18.5 Å². The van der Waals surface area contributed by atoms with Gasteiger partial charge in [-0.3, -0.25) is 0 Å². The first kappa shape index (κ1) is 15.2. The van der Waals surface area contributed by atoms with Crippen LogP contribution in [-0.2, 0) is 15.3 Å². The summed E-state index contributed by atoms with van der Waals surface area (Å²) in [6, 6.07) is 10.3. The summed E-state index contributed by atoms with van der Waals surface area (Å²) in [7, 11) is 1.75. The van der Waals surface area contributed by atoms with Gasteiger partial charge in [0.2, 0.25) is 5.79 Å². The lowest BCUT2D eigenvalue weighted by Gasteiger charge is -2.38. The van der Waals surface area contributed by atoms with Gasteiger partial charge in [-0.05, 0) is 58.0 Å². The fourth-order valence-corrected chi connectivity index (χ4v) is 5.38. The van der Waals surface area contributed by atoms with Crippen LogP contribution in [0, 0.1) is 0 Å². The van der Waals surface area contributed by atoms with E-state index in [0.717, 1.165) is 18.4 Å². The largest absolute Gasteiger partial charge is 0.345 e. The second kappa shape index (κ2) is 5.85. The Bertz CT molecular complexity index is 521. The van der Waals surface area contributed by atoms with Crippen molar-refractivity contribution < 1.29 is 9.47 Å². The van der Waals surface area contributed by atoms with Gasteiger partial charge in [0.05, 0.1) is 3.58 Å². The van der Waals surface area contributed by atoms with E-state index in [9.17, 15) is 0 Å². The Morgan fingerprint density at radius 3 is 2.25 bits per heavy atom. The van der Waals surface area contributed by atoms with Crippen LogP contribution in [-0.4, -0.2) is 12.7 Å². The molecule has 1 heterocycles. The molecule has 3 rings (SSSR count). The fourth-order valence-electron chi connectivity index (χ4n) is 3.25. The van der Waals surface area contributed by atoms with Crippen LogP contribution in [0.1, 0.15) is 37.7 Å². The standard InChI is InChI=1S/C16H18I2O2/c1-19-16(12-8-4-2-5-9-12)14(18)13(17)15(20-16)10-6-3-7-11-15/h2,4-5,8-9H,3,6-7,10-11H2,1H3. The van der Waals surface area contributed by atoms with Crippen LogP contribution in [0.5, 0.6) is 0 Å². The summed E-state index contributed by atoms with van der Waals surface area (Å²) in [6.07, 6.45) is 6.01. The van der Waals surface area contributed by atoms with Gasteiger partial charge in [-0.25, -0.2) is 0 Å². The van der Waals surface area contributed by atoms with E-state index < -0.39 is 5.79 Å². The summed E-state index contributed by atoms with van der Waals surface area (Å²) < 4.78 is 15.0. The molecular weight excluding hydrogens is 478 g/mol. The van der Waals surface area contributed by atoms with Crippen molar-refractivity contribution in [2.45, 2.75) is 43.5 Å². The number of hydrogen-bond acceptors (Lipinski definition) is 2. The molecule has 1 atom stereocenters. The van der Waals surface area contributed by atoms with Crippen LogP contribution < -0.4 is 0 Å². The Balaban J connectivity index is 2.06. The van der Waals surface area contributed by atoms with Crippen molar-refractivity contribution in [1.29, 1.82) is 0 Å². The Kier molecular flexibility index (Phi) is 4.46. The summed E-state index contributed by atoms with van der Waals surface area (Å²) in [5.74, 6) is -0.713. The van der Waals surface area contributed by atoms with Crippen molar-refractivity contribution in [2.24, 2.45) is 0 Å². The number of methoxy groups -OCH3 is 1. The molecule has 1 aromatic rings. The third-order valence-electron chi connectivity index (χ3n) is 4.32. The Morgan fingerprint density at radius 2 is 1.65 bits per heavy atom. The van der Waals surface area contributed by atoms with Crippen molar-refractivity contribution in [2.75, 3.05) is 7.11 Å². The highest BCUT2D eigenvalue weighted by molar-refractivity contribution is 14.1. The molecule has 1 unspecified atom stereocenters. The van der Waals surface area contributed by atoms with E-state index in [1.54, 1.807) is 7.11 Å². The van der Waals surface area contributed by atoms with E-state index in [2.05, 4.69) is 57.3 Å². The molecular formula is C16H18I2O2. The maximum atomic E-state index is 6.63. The lowest BCUT2D eigenvalue weighted by Crippen LogP contribution is -2.39. The zero-order chi connectivity index (χ0) is 14.2. The van der Waals surface area contributed by atoms with E-state index in [1.807, 2.05) is 18.2 Å². The van der Waals surface area contributed by atoms with Gasteiger partial charge in [-0.2, -0.15) is 0 Å². The van der Waals surface area contributed by atoms with Gasteiger partial charge in [0, 0.05) is 16.3 Å². The zero-order valence-electron chi connectivity index (χ0n) is 11.5. The predicted octanol–water partition coefficient (Wildman–Crippen LogP) is 5.30. The Hall–Kier alpha value is 0.340. The minimum atomic E-state index is -0.713. The summed E-state index contributed by atoms with van der Waals surface area (Å²) in [6.45, 7) is 0. The summed E-state index contributed by atoms with van der Waals surface area (Å²) >= 11 is 4.88. The molecule has 0 N–H and O–H groups in total. The smallest absolute Gasteiger partial charge is 0.229 e. The molecule has 2 aliphatic rings. The van der Waals surface area contributed by atoms with Gasteiger partial charge in [-0.15, -0.1) is 0 Å². The predicted molar refractivity (Wildman–Crippen MR) is 97.1 cm³/mol. The van der Waals surface area contributed by atoms with E-state index in [0.29, 0.717) is 0 Å². The Morgan fingerprint density at radius 1 is 1.00 bits per heavy atom. The highest BCUT2D eigenvalue weighted by Gasteiger charge is 2.55. The summed E-state index contributed by atoms with van der Waals surface area (Å²) in [5, 5.41) is 0. The van der Waals surface area contributed by atoms with E-state index >= 15 is 0 Å². The lowest BCUT2D eigenvalue weighted by molar-refractivity contribution is -0.238.